The van der Waals surface area contributed by atoms with E-state index in [0.717, 1.165) is 33.4 Å². The molecule has 0 saturated carbocycles. The van der Waals surface area contributed by atoms with Gasteiger partial charge in [0.15, 0.2) is 0 Å². The second-order valence-corrected chi connectivity index (χ2v) is 18.6. The molecule has 0 aliphatic heterocycles. The lowest BCUT2D eigenvalue weighted by molar-refractivity contribution is 0.623. The Morgan fingerprint density at radius 1 is 0.660 bits per heavy atom. The van der Waals surface area contributed by atoms with Crippen molar-refractivity contribution in [2.75, 3.05) is 0 Å². The van der Waals surface area contributed by atoms with Crippen LogP contribution in [0.2, 0.25) is 19.1 Å². The fourth-order valence-electron chi connectivity index (χ4n) is 6.20. The monoisotopic (exact) mass is 642 g/mol. The Hall–Kier alpha value is -3.92. The van der Waals surface area contributed by atoms with E-state index in [4.69, 9.17) is 0 Å². The van der Waals surface area contributed by atoms with E-state index in [9.17, 15) is 10.5 Å². The summed E-state index contributed by atoms with van der Waals surface area (Å²) in [6, 6.07) is 21.3. The largest absolute Gasteiger partial charge is 0.192 e. The summed E-state index contributed by atoms with van der Waals surface area (Å²) in [6.07, 6.45) is 16.7. The minimum absolute atomic E-state index is 0.641. The molecule has 47 heavy (non-hydrogen) atoms. The lowest BCUT2D eigenvalue weighted by atomic mass is 9.91. The molecular weight excluding hydrogens is 585 g/mol. The van der Waals surface area contributed by atoms with Crippen molar-refractivity contribution < 1.29 is 0 Å². The standard InChI is InChI=1S/C24H24N2.C20H34Si/c1-7-20(13-25)23-10-19(6)24(11-18(23)5)22(14-26)12-21-9-16(3)15(2)8-17(21)4;1-6-8-9-10-11-12-16-21(4,5)20-17-18(3)14-15-19(20)13-7-2/h7-12H,1-6H3;7,13-15,17H,6,8-12,16H2,1-5H3/b20-7+,22-12+;13-7+. The molecule has 3 rings (SSSR count). The number of allylic oxidation sites excluding steroid dienone is 4. The highest BCUT2D eigenvalue weighted by molar-refractivity contribution is 6.90. The predicted octanol–water partition coefficient (Wildman–Crippen LogP) is 12.5. The van der Waals surface area contributed by atoms with Gasteiger partial charge < -0.3 is 0 Å². The van der Waals surface area contributed by atoms with Crippen molar-refractivity contribution in [1.82, 2.24) is 0 Å². The van der Waals surface area contributed by atoms with Gasteiger partial charge in [0, 0.05) is 0 Å². The normalized spacial score (nSPS) is 12.0. The smallest absolute Gasteiger partial charge is 0.0998 e. The molecule has 2 nitrogen and oxygen atoms in total. The number of nitrogens with zero attached hydrogens (tertiary/aromatic N) is 2. The van der Waals surface area contributed by atoms with Gasteiger partial charge in [0.2, 0.25) is 0 Å². The van der Waals surface area contributed by atoms with Gasteiger partial charge >= 0.3 is 0 Å². The molecule has 0 bridgehead atoms. The van der Waals surface area contributed by atoms with E-state index in [2.05, 4.69) is 109 Å². The van der Waals surface area contributed by atoms with Crippen LogP contribution in [0.1, 0.15) is 115 Å². The van der Waals surface area contributed by atoms with Gasteiger partial charge in [-0.15, -0.1) is 0 Å². The fraction of sp³-hybridized carbons (Fsp3) is 0.409. The lowest BCUT2D eigenvalue weighted by Gasteiger charge is -2.25. The molecule has 3 heteroatoms. The van der Waals surface area contributed by atoms with Crippen LogP contribution in [0.3, 0.4) is 0 Å². The highest BCUT2D eigenvalue weighted by Crippen LogP contribution is 2.29. The van der Waals surface area contributed by atoms with Crippen molar-refractivity contribution in [3.63, 3.8) is 0 Å². The van der Waals surface area contributed by atoms with Crippen molar-refractivity contribution in [2.24, 2.45) is 0 Å². The second-order valence-electron chi connectivity index (χ2n) is 13.8. The average Bonchev–Trinajstić information content (AvgIpc) is 3.03. The molecule has 0 unspecified atom stereocenters. The Labute approximate surface area is 288 Å². The molecule has 0 amide bonds. The first-order chi connectivity index (χ1) is 22.3. The van der Waals surface area contributed by atoms with Crippen LogP contribution in [0.5, 0.6) is 0 Å². The third kappa shape index (κ3) is 11.4. The van der Waals surface area contributed by atoms with Crippen molar-refractivity contribution in [2.45, 2.75) is 120 Å². The Kier molecular flexibility index (Phi) is 15.9. The zero-order chi connectivity index (χ0) is 35.1. The van der Waals surface area contributed by atoms with E-state index in [1.807, 2.05) is 45.1 Å². The number of nitriles is 2. The molecule has 0 spiro atoms. The van der Waals surface area contributed by atoms with E-state index in [1.54, 1.807) is 5.19 Å². The zero-order valence-electron chi connectivity index (χ0n) is 31.2. The molecule has 0 aromatic heterocycles. The quantitative estimate of drug-likeness (QED) is 0.0854. The molecule has 0 radical (unpaired) electrons. The van der Waals surface area contributed by atoms with Gasteiger partial charge in [-0.3, -0.25) is 0 Å². The summed E-state index contributed by atoms with van der Waals surface area (Å²) in [7, 11) is -1.31. The van der Waals surface area contributed by atoms with Crippen LogP contribution in [0, 0.1) is 64.2 Å². The summed E-state index contributed by atoms with van der Waals surface area (Å²) < 4.78 is 0. The molecule has 0 N–H and O–H groups in total. The number of unbranched alkanes of at least 4 members (excludes halogenated alkanes) is 5. The van der Waals surface area contributed by atoms with E-state index >= 15 is 0 Å². The molecular formula is C44H58N2Si. The minimum Gasteiger partial charge on any atom is -0.192 e. The summed E-state index contributed by atoms with van der Waals surface area (Å²) in [5, 5.41) is 20.7. The fourth-order valence-corrected chi connectivity index (χ4v) is 9.17. The third-order valence-electron chi connectivity index (χ3n) is 9.30. The number of benzene rings is 3. The Bertz CT molecular complexity index is 1690. The van der Waals surface area contributed by atoms with Crippen LogP contribution in [0.15, 0.2) is 54.6 Å². The SMILES string of the molecule is C/C=C(\C#N)c1cc(C)c(/C(C#N)=C/c2cc(C)c(C)cc2C)cc1C.C/C=C/c1ccc(C)cc1[Si](C)(C)CCCCCCCC. The summed E-state index contributed by atoms with van der Waals surface area (Å²) in [4.78, 5) is 0. The van der Waals surface area contributed by atoms with Gasteiger partial charge in [-0.1, -0.05) is 124 Å². The van der Waals surface area contributed by atoms with E-state index in [-0.39, 0.29) is 0 Å². The summed E-state index contributed by atoms with van der Waals surface area (Å²) in [5.41, 5.74) is 12.7. The maximum atomic E-state index is 9.76. The first kappa shape index (κ1) is 39.3. The molecule has 0 heterocycles. The zero-order valence-corrected chi connectivity index (χ0v) is 32.2. The predicted molar refractivity (Wildman–Crippen MR) is 211 cm³/mol. The average molecular weight is 643 g/mol. The van der Waals surface area contributed by atoms with Gasteiger partial charge in [0.1, 0.15) is 0 Å². The second kappa shape index (κ2) is 19.0. The van der Waals surface area contributed by atoms with Gasteiger partial charge in [-0.2, -0.15) is 10.5 Å². The van der Waals surface area contributed by atoms with Crippen LogP contribution >= 0.6 is 0 Å². The van der Waals surface area contributed by atoms with Crippen LogP contribution in [0.4, 0.5) is 0 Å². The molecule has 3 aromatic carbocycles. The maximum absolute atomic E-state index is 9.76. The van der Waals surface area contributed by atoms with Gasteiger partial charge in [0.25, 0.3) is 0 Å². The molecule has 3 aromatic rings. The number of aryl methyl sites for hydroxylation is 6. The first-order valence-electron chi connectivity index (χ1n) is 17.4. The lowest BCUT2D eigenvalue weighted by Crippen LogP contribution is -2.42. The van der Waals surface area contributed by atoms with Crippen molar-refractivity contribution in [3.8, 4) is 12.1 Å². The highest BCUT2D eigenvalue weighted by atomic mass is 28.3. The van der Waals surface area contributed by atoms with Crippen molar-refractivity contribution >= 4 is 36.6 Å². The summed E-state index contributed by atoms with van der Waals surface area (Å²) >= 11 is 0. The Morgan fingerprint density at radius 2 is 1.23 bits per heavy atom. The number of hydrogen-bond donors (Lipinski definition) is 0. The number of hydrogen-bond acceptors (Lipinski definition) is 2. The molecule has 0 aliphatic carbocycles. The molecule has 0 fully saturated rings. The third-order valence-corrected chi connectivity index (χ3v) is 12.8. The van der Waals surface area contributed by atoms with E-state index in [0.29, 0.717) is 11.1 Å². The van der Waals surface area contributed by atoms with E-state index in [1.165, 1.54) is 66.8 Å². The highest BCUT2D eigenvalue weighted by Gasteiger charge is 2.25. The van der Waals surface area contributed by atoms with Gasteiger partial charge in [0.05, 0.1) is 31.4 Å². The van der Waals surface area contributed by atoms with Crippen molar-refractivity contribution in [1.29, 1.82) is 10.5 Å². The van der Waals surface area contributed by atoms with Crippen LogP contribution in [-0.2, 0) is 0 Å². The summed E-state index contributed by atoms with van der Waals surface area (Å²) in [6.45, 7) is 23.8. The first-order valence-corrected chi connectivity index (χ1v) is 20.7. The molecule has 0 aliphatic rings. The van der Waals surface area contributed by atoms with Crippen LogP contribution < -0.4 is 5.19 Å². The molecule has 0 saturated heterocycles. The topological polar surface area (TPSA) is 47.6 Å². The number of rotatable bonds is 12. The molecule has 0 atom stereocenters. The Balaban J connectivity index is 0.000000335. The Morgan fingerprint density at radius 3 is 1.81 bits per heavy atom. The van der Waals surface area contributed by atoms with Crippen LogP contribution in [0.25, 0.3) is 23.3 Å². The van der Waals surface area contributed by atoms with Crippen molar-refractivity contribution in [3.05, 3.63) is 110 Å². The van der Waals surface area contributed by atoms with Gasteiger partial charge in [-0.05, 0) is 124 Å². The summed E-state index contributed by atoms with van der Waals surface area (Å²) in [5.74, 6) is 0. The minimum atomic E-state index is -1.31. The van der Waals surface area contributed by atoms with Crippen LogP contribution in [-0.4, -0.2) is 8.07 Å². The van der Waals surface area contributed by atoms with E-state index < -0.39 is 8.07 Å². The molecule has 248 valence electrons. The maximum Gasteiger partial charge on any atom is 0.0998 e. The van der Waals surface area contributed by atoms with Gasteiger partial charge in [-0.25, -0.2) is 0 Å².